The van der Waals surface area contributed by atoms with Crippen molar-refractivity contribution in [1.82, 2.24) is 4.98 Å². The Morgan fingerprint density at radius 3 is 2.94 bits per heavy atom. The molecule has 0 fully saturated rings. The maximum Gasteiger partial charge on any atom is 0.328 e. The number of aliphatic carboxylic acids is 1. The van der Waals surface area contributed by atoms with Crippen molar-refractivity contribution in [2.24, 2.45) is 0 Å². The van der Waals surface area contributed by atoms with Gasteiger partial charge in [-0.15, -0.1) is 0 Å². The lowest BCUT2D eigenvalue weighted by Gasteiger charge is -1.88. The number of carboxylic acids is 1. The van der Waals surface area contributed by atoms with Crippen LogP contribution in [0, 0.1) is 11.3 Å². The summed E-state index contributed by atoms with van der Waals surface area (Å²) in [6, 6.07) is 9.12. The average Bonchev–Trinajstić information content (AvgIpc) is 2.67. The molecule has 0 bridgehead atoms. The Kier molecular flexibility index (Phi) is 2.44. The van der Waals surface area contributed by atoms with Gasteiger partial charge in [0, 0.05) is 22.7 Å². The van der Waals surface area contributed by atoms with Crippen LogP contribution in [-0.2, 0) is 4.79 Å². The molecule has 0 atom stereocenters. The number of hydrogen-bond donors (Lipinski definition) is 2. The number of nitrogens with one attached hydrogen (secondary N) is 1. The third-order valence-corrected chi connectivity index (χ3v) is 2.18. The molecular formula is C12H8N2O2. The number of benzene rings is 1. The second kappa shape index (κ2) is 3.91. The van der Waals surface area contributed by atoms with E-state index in [1.807, 2.05) is 0 Å². The second-order valence-corrected chi connectivity index (χ2v) is 3.31. The zero-order valence-corrected chi connectivity index (χ0v) is 8.27. The van der Waals surface area contributed by atoms with Crippen LogP contribution >= 0.6 is 0 Å². The predicted molar refractivity (Wildman–Crippen MR) is 59.7 cm³/mol. The lowest BCUT2D eigenvalue weighted by Crippen LogP contribution is -1.85. The number of aromatic amines is 1. The Morgan fingerprint density at radius 2 is 2.25 bits per heavy atom. The zero-order chi connectivity index (χ0) is 11.5. The van der Waals surface area contributed by atoms with Gasteiger partial charge in [0.1, 0.15) is 0 Å². The van der Waals surface area contributed by atoms with Crippen LogP contribution in [-0.4, -0.2) is 16.1 Å². The van der Waals surface area contributed by atoms with E-state index in [9.17, 15) is 4.79 Å². The fourth-order valence-corrected chi connectivity index (χ4v) is 1.48. The molecule has 1 aromatic carbocycles. The highest BCUT2D eigenvalue weighted by molar-refractivity contribution is 5.88. The topological polar surface area (TPSA) is 76.9 Å². The first-order valence-electron chi connectivity index (χ1n) is 4.63. The van der Waals surface area contributed by atoms with Crippen molar-refractivity contribution < 1.29 is 9.90 Å². The zero-order valence-electron chi connectivity index (χ0n) is 8.27. The first-order valence-corrected chi connectivity index (χ1v) is 4.63. The number of carbonyl (C=O) groups is 1. The van der Waals surface area contributed by atoms with Crippen molar-refractivity contribution in [2.45, 2.75) is 0 Å². The van der Waals surface area contributed by atoms with Gasteiger partial charge in [-0.3, -0.25) is 0 Å². The Balaban J connectivity index is 2.45. The number of H-pyrrole nitrogens is 1. The van der Waals surface area contributed by atoms with E-state index in [-0.39, 0.29) is 0 Å². The normalized spacial score (nSPS) is 10.7. The second-order valence-electron chi connectivity index (χ2n) is 3.31. The third kappa shape index (κ3) is 1.93. The molecule has 1 aromatic heterocycles. The minimum absolute atomic E-state index is 0.584. The number of hydrogen-bond acceptors (Lipinski definition) is 2. The van der Waals surface area contributed by atoms with E-state index in [2.05, 4.69) is 11.1 Å². The number of carboxylic acid groups (broad SMARTS) is 1. The summed E-state index contributed by atoms with van der Waals surface area (Å²) in [5.74, 6) is -0.989. The summed E-state index contributed by atoms with van der Waals surface area (Å²) in [4.78, 5) is 13.4. The molecule has 0 radical (unpaired) electrons. The fraction of sp³-hybridized carbons (Fsp3) is 0. The smallest absolute Gasteiger partial charge is 0.328 e. The Bertz CT molecular complexity index is 617. The van der Waals surface area contributed by atoms with Gasteiger partial charge in [-0.1, -0.05) is 0 Å². The molecule has 78 valence electrons. The maximum absolute atomic E-state index is 10.3. The summed E-state index contributed by atoms with van der Waals surface area (Å²) in [6.07, 6.45) is 2.55. The van der Waals surface area contributed by atoms with Gasteiger partial charge < -0.3 is 10.1 Å². The van der Waals surface area contributed by atoms with E-state index >= 15 is 0 Å². The van der Waals surface area contributed by atoms with Crippen molar-refractivity contribution >= 4 is 22.9 Å². The van der Waals surface area contributed by atoms with E-state index in [1.165, 1.54) is 6.08 Å². The lowest BCUT2D eigenvalue weighted by atomic mass is 10.2. The molecule has 0 spiro atoms. The first kappa shape index (κ1) is 9.99. The number of nitrogens with zero attached hydrogens (tertiary/aromatic N) is 1. The summed E-state index contributed by atoms with van der Waals surface area (Å²) in [7, 11) is 0. The van der Waals surface area contributed by atoms with Crippen LogP contribution in [0.5, 0.6) is 0 Å². The van der Waals surface area contributed by atoms with Crippen LogP contribution in [0.1, 0.15) is 11.3 Å². The van der Waals surface area contributed by atoms with Crippen molar-refractivity contribution in [2.75, 3.05) is 0 Å². The molecule has 0 aliphatic carbocycles. The van der Waals surface area contributed by atoms with Crippen LogP contribution in [0.4, 0.5) is 0 Å². The molecule has 0 unspecified atom stereocenters. The van der Waals surface area contributed by atoms with Gasteiger partial charge in [0.2, 0.25) is 0 Å². The summed E-state index contributed by atoms with van der Waals surface area (Å²) in [6.45, 7) is 0. The maximum atomic E-state index is 10.3. The minimum Gasteiger partial charge on any atom is -0.478 e. The lowest BCUT2D eigenvalue weighted by molar-refractivity contribution is -0.131. The highest BCUT2D eigenvalue weighted by Gasteiger charge is 1.99. The molecule has 4 nitrogen and oxygen atoms in total. The molecular weight excluding hydrogens is 204 g/mol. The van der Waals surface area contributed by atoms with Gasteiger partial charge in [0.25, 0.3) is 0 Å². The molecule has 4 heteroatoms. The quantitative estimate of drug-likeness (QED) is 0.748. The molecule has 0 aliphatic heterocycles. The summed E-state index contributed by atoms with van der Waals surface area (Å²) in [5, 5.41) is 18.1. The highest BCUT2D eigenvalue weighted by Crippen LogP contribution is 2.17. The van der Waals surface area contributed by atoms with Crippen LogP contribution < -0.4 is 0 Å². The highest BCUT2D eigenvalue weighted by atomic mass is 16.4. The van der Waals surface area contributed by atoms with Gasteiger partial charge in [-0.2, -0.15) is 5.26 Å². The SMILES string of the molecule is N#Cc1ccc2[nH]c(/C=C/C(=O)O)cc2c1. The van der Waals surface area contributed by atoms with Gasteiger partial charge in [0.05, 0.1) is 11.6 Å². The third-order valence-electron chi connectivity index (χ3n) is 2.18. The van der Waals surface area contributed by atoms with E-state index in [0.29, 0.717) is 11.3 Å². The van der Waals surface area contributed by atoms with Gasteiger partial charge in [0.15, 0.2) is 0 Å². The van der Waals surface area contributed by atoms with Gasteiger partial charge in [-0.25, -0.2) is 4.79 Å². The molecule has 0 aliphatic rings. The van der Waals surface area contributed by atoms with Gasteiger partial charge >= 0.3 is 5.97 Å². The van der Waals surface area contributed by atoms with Crippen molar-refractivity contribution in [3.63, 3.8) is 0 Å². The van der Waals surface area contributed by atoms with Crippen LogP contribution in [0.3, 0.4) is 0 Å². The molecule has 0 saturated heterocycles. The fourth-order valence-electron chi connectivity index (χ4n) is 1.48. The van der Waals surface area contributed by atoms with Crippen LogP contribution in [0.25, 0.3) is 17.0 Å². The van der Waals surface area contributed by atoms with E-state index in [4.69, 9.17) is 10.4 Å². The molecule has 0 saturated carbocycles. The van der Waals surface area contributed by atoms with Crippen LogP contribution in [0.15, 0.2) is 30.3 Å². The molecule has 16 heavy (non-hydrogen) atoms. The van der Waals surface area contributed by atoms with E-state index in [1.54, 1.807) is 24.3 Å². The molecule has 2 rings (SSSR count). The number of nitriles is 1. The monoisotopic (exact) mass is 212 g/mol. The number of fused-ring (bicyclic) bond motifs is 1. The minimum atomic E-state index is -0.989. The first-order chi connectivity index (χ1) is 7.69. The molecule has 0 amide bonds. The Labute approximate surface area is 91.4 Å². The van der Waals surface area contributed by atoms with E-state index < -0.39 is 5.97 Å². The molecule has 2 aromatic rings. The number of aromatic nitrogens is 1. The summed E-state index contributed by atoms with van der Waals surface area (Å²) >= 11 is 0. The van der Waals surface area contributed by atoms with E-state index in [0.717, 1.165) is 17.0 Å². The largest absolute Gasteiger partial charge is 0.478 e. The van der Waals surface area contributed by atoms with Crippen LogP contribution in [0.2, 0.25) is 0 Å². The molecule has 2 N–H and O–H groups in total. The van der Waals surface area contributed by atoms with Crippen molar-refractivity contribution in [3.8, 4) is 6.07 Å². The summed E-state index contributed by atoms with van der Waals surface area (Å²) < 4.78 is 0. The van der Waals surface area contributed by atoms with Crippen molar-refractivity contribution in [1.29, 1.82) is 5.26 Å². The standard InChI is InChI=1S/C12H8N2O2/c13-7-8-1-3-11-9(5-8)6-10(14-11)2-4-12(15)16/h1-6,14H,(H,15,16)/b4-2+. The van der Waals surface area contributed by atoms with Gasteiger partial charge in [-0.05, 0) is 30.3 Å². The van der Waals surface area contributed by atoms with Crippen molar-refractivity contribution in [3.05, 3.63) is 41.6 Å². The molecule has 1 heterocycles. The Hall–Kier alpha value is -2.54. The summed E-state index contributed by atoms with van der Waals surface area (Å²) in [5.41, 5.74) is 2.16. The Morgan fingerprint density at radius 1 is 1.44 bits per heavy atom. The predicted octanol–water partition coefficient (Wildman–Crippen LogP) is 2.14. The average molecular weight is 212 g/mol. The number of rotatable bonds is 2.